The number of hydrogen-bond donors (Lipinski definition) is 0. The van der Waals surface area contributed by atoms with Crippen molar-refractivity contribution in [3.63, 3.8) is 0 Å². The molecule has 1 rings (SSSR count). The Balaban J connectivity index is 2.51. The summed E-state index contributed by atoms with van der Waals surface area (Å²) >= 11 is 0. The van der Waals surface area contributed by atoms with Crippen LogP contribution in [0, 0.1) is 10.1 Å². The molecule has 0 spiro atoms. The van der Waals surface area contributed by atoms with Gasteiger partial charge in [-0.25, -0.2) is 0 Å². The molecule has 0 heterocycles. The van der Waals surface area contributed by atoms with Crippen molar-refractivity contribution in [2.45, 2.75) is 57.4 Å². The standard InChI is InChI=1S/C11H19NO4/c1-2-16-10(13)6-9-11(12(14)15)7-4-3-5-8-11/h2-9H2,1H3. The Hall–Kier alpha value is -1.13. The lowest BCUT2D eigenvalue weighted by atomic mass is 9.79. The van der Waals surface area contributed by atoms with Gasteiger partial charge in [-0.15, -0.1) is 0 Å². The van der Waals surface area contributed by atoms with E-state index < -0.39 is 5.54 Å². The highest BCUT2D eigenvalue weighted by atomic mass is 16.6. The van der Waals surface area contributed by atoms with Gasteiger partial charge in [0.2, 0.25) is 5.54 Å². The first kappa shape index (κ1) is 12.9. The molecule has 0 radical (unpaired) electrons. The summed E-state index contributed by atoms with van der Waals surface area (Å²) in [7, 11) is 0. The molecule has 0 N–H and O–H groups in total. The van der Waals surface area contributed by atoms with Gasteiger partial charge in [0.1, 0.15) is 0 Å². The van der Waals surface area contributed by atoms with Crippen LogP contribution < -0.4 is 0 Å². The summed E-state index contributed by atoms with van der Waals surface area (Å²) in [6.07, 6.45) is 4.52. The zero-order valence-electron chi connectivity index (χ0n) is 9.74. The van der Waals surface area contributed by atoms with Gasteiger partial charge in [-0.3, -0.25) is 14.9 Å². The van der Waals surface area contributed by atoms with Crippen molar-refractivity contribution in [1.29, 1.82) is 0 Å². The van der Waals surface area contributed by atoms with Crippen LogP contribution in [0.1, 0.15) is 51.9 Å². The molecular formula is C11H19NO4. The van der Waals surface area contributed by atoms with Gasteiger partial charge in [-0.1, -0.05) is 6.42 Å². The van der Waals surface area contributed by atoms with E-state index >= 15 is 0 Å². The van der Waals surface area contributed by atoms with E-state index in [2.05, 4.69) is 0 Å². The lowest BCUT2D eigenvalue weighted by Gasteiger charge is -2.28. The summed E-state index contributed by atoms with van der Waals surface area (Å²) in [4.78, 5) is 22.1. The Morgan fingerprint density at radius 2 is 2.00 bits per heavy atom. The van der Waals surface area contributed by atoms with Gasteiger partial charge in [0, 0.05) is 24.2 Å². The van der Waals surface area contributed by atoms with Crippen molar-refractivity contribution in [3.8, 4) is 0 Å². The molecule has 1 saturated carbocycles. The highest BCUT2D eigenvalue weighted by molar-refractivity contribution is 5.69. The zero-order valence-corrected chi connectivity index (χ0v) is 9.74. The molecule has 0 aromatic rings. The number of nitrogens with zero attached hydrogens (tertiary/aromatic N) is 1. The van der Waals surface area contributed by atoms with Crippen LogP contribution in [0.15, 0.2) is 0 Å². The van der Waals surface area contributed by atoms with Gasteiger partial charge >= 0.3 is 5.97 Å². The molecule has 1 aliphatic rings. The second kappa shape index (κ2) is 5.82. The second-order valence-electron chi connectivity index (χ2n) is 4.35. The summed E-state index contributed by atoms with van der Waals surface area (Å²) in [6, 6.07) is 0. The van der Waals surface area contributed by atoms with Crippen LogP contribution >= 0.6 is 0 Å². The van der Waals surface area contributed by atoms with Gasteiger partial charge in [0.05, 0.1) is 13.0 Å². The largest absolute Gasteiger partial charge is 0.466 e. The van der Waals surface area contributed by atoms with E-state index in [0.717, 1.165) is 19.3 Å². The number of hydrogen-bond acceptors (Lipinski definition) is 4. The second-order valence-corrected chi connectivity index (χ2v) is 4.35. The summed E-state index contributed by atoms with van der Waals surface area (Å²) < 4.78 is 4.80. The fourth-order valence-electron chi connectivity index (χ4n) is 2.30. The van der Waals surface area contributed by atoms with E-state index in [-0.39, 0.29) is 17.3 Å². The van der Waals surface area contributed by atoms with Crippen molar-refractivity contribution in [2.24, 2.45) is 0 Å². The fourth-order valence-corrected chi connectivity index (χ4v) is 2.30. The molecule has 0 amide bonds. The smallest absolute Gasteiger partial charge is 0.306 e. The highest BCUT2D eigenvalue weighted by Gasteiger charge is 2.43. The lowest BCUT2D eigenvalue weighted by molar-refractivity contribution is -0.576. The number of nitro groups is 1. The minimum absolute atomic E-state index is 0.162. The molecule has 1 aliphatic carbocycles. The Labute approximate surface area is 95.3 Å². The quantitative estimate of drug-likeness (QED) is 0.412. The third-order valence-electron chi connectivity index (χ3n) is 3.27. The molecule has 5 nitrogen and oxygen atoms in total. The van der Waals surface area contributed by atoms with Crippen molar-refractivity contribution in [1.82, 2.24) is 0 Å². The Morgan fingerprint density at radius 3 is 2.50 bits per heavy atom. The predicted molar refractivity (Wildman–Crippen MR) is 58.7 cm³/mol. The van der Waals surface area contributed by atoms with Gasteiger partial charge < -0.3 is 4.74 Å². The van der Waals surface area contributed by atoms with Crippen molar-refractivity contribution < 1.29 is 14.5 Å². The van der Waals surface area contributed by atoms with Crippen LogP contribution in [-0.4, -0.2) is 23.0 Å². The number of carbonyl (C=O) groups is 1. The van der Waals surface area contributed by atoms with Gasteiger partial charge in [0.15, 0.2) is 0 Å². The SMILES string of the molecule is CCOC(=O)CCC1([N+](=O)[O-])CCCCC1. The molecule has 0 aliphatic heterocycles. The Bertz CT molecular complexity index is 259. The highest BCUT2D eigenvalue weighted by Crippen LogP contribution is 2.34. The summed E-state index contributed by atoms with van der Waals surface area (Å²) in [5.41, 5.74) is -0.870. The fraction of sp³-hybridized carbons (Fsp3) is 0.909. The van der Waals surface area contributed by atoms with E-state index in [1.54, 1.807) is 6.92 Å². The molecule has 0 bridgehead atoms. The van der Waals surface area contributed by atoms with Crippen molar-refractivity contribution >= 4 is 5.97 Å². The number of esters is 1. The number of rotatable bonds is 5. The zero-order chi connectivity index (χ0) is 12.0. The van der Waals surface area contributed by atoms with Gasteiger partial charge in [-0.05, 0) is 19.8 Å². The average Bonchev–Trinajstić information content (AvgIpc) is 2.28. The maximum absolute atomic E-state index is 11.2. The van der Waals surface area contributed by atoms with Crippen LogP contribution in [0.25, 0.3) is 0 Å². The van der Waals surface area contributed by atoms with Crippen molar-refractivity contribution in [3.05, 3.63) is 10.1 Å². The molecule has 0 saturated heterocycles. The number of carbonyl (C=O) groups excluding carboxylic acids is 1. The van der Waals surface area contributed by atoms with Gasteiger partial charge in [-0.2, -0.15) is 0 Å². The van der Waals surface area contributed by atoms with E-state index in [4.69, 9.17) is 4.74 Å². The van der Waals surface area contributed by atoms with Crippen LogP contribution in [-0.2, 0) is 9.53 Å². The van der Waals surface area contributed by atoms with E-state index in [9.17, 15) is 14.9 Å². The Morgan fingerprint density at radius 1 is 1.38 bits per heavy atom. The minimum atomic E-state index is -0.870. The molecule has 0 unspecified atom stereocenters. The average molecular weight is 229 g/mol. The van der Waals surface area contributed by atoms with E-state index in [1.807, 2.05) is 0 Å². The summed E-state index contributed by atoms with van der Waals surface area (Å²) in [5, 5.41) is 11.1. The molecule has 5 heteroatoms. The van der Waals surface area contributed by atoms with E-state index in [0.29, 0.717) is 25.9 Å². The van der Waals surface area contributed by atoms with Crippen molar-refractivity contribution in [2.75, 3.05) is 6.61 Å². The maximum Gasteiger partial charge on any atom is 0.306 e. The van der Waals surface area contributed by atoms with Crippen LogP contribution in [0.4, 0.5) is 0 Å². The molecule has 0 aromatic heterocycles. The summed E-state index contributed by atoms with van der Waals surface area (Å²) in [6.45, 7) is 2.08. The molecular weight excluding hydrogens is 210 g/mol. The lowest BCUT2D eigenvalue weighted by Crippen LogP contribution is -2.40. The normalized spacial score (nSPS) is 19.1. The first-order chi connectivity index (χ1) is 7.60. The number of ether oxygens (including phenoxy) is 1. The third-order valence-corrected chi connectivity index (χ3v) is 3.27. The minimum Gasteiger partial charge on any atom is -0.466 e. The van der Waals surface area contributed by atoms with Gasteiger partial charge in [0.25, 0.3) is 0 Å². The molecule has 1 fully saturated rings. The monoisotopic (exact) mass is 229 g/mol. The first-order valence-electron chi connectivity index (χ1n) is 5.91. The molecule has 92 valence electrons. The third kappa shape index (κ3) is 3.18. The topological polar surface area (TPSA) is 69.4 Å². The maximum atomic E-state index is 11.2. The predicted octanol–water partition coefficient (Wildman–Crippen LogP) is 2.31. The first-order valence-corrected chi connectivity index (χ1v) is 5.91. The molecule has 0 atom stereocenters. The summed E-state index contributed by atoms with van der Waals surface area (Å²) in [5.74, 6) is -0.325. The van der Waals surface area contributed by atoms with Crippen LogP contribution in [0.2, 0.25) is 0 Å². The molecule has 0 aromatic carbocycles. The van der Waals surface area contributed by atoms with E-state index in [1.165, 1.54) is 0 Å². The van der Waals surface area contributed by atoms with Crippen LogP contribution in [0.5, 0.6) is 0 Å². The molecule has 16 heavy (non-hydrogen) atoms. The Kier molecular flexibility index (Phi) is 4.71. The van der Waals surface area contributed by atoms with Crippen LogP contribution in [0.3, 0.4) is 0 Å².